The van der Waals surface area contributed by atoms with Gasteiger partial charge in [-0.1, -0.05) is 11.8 Å². The molecule has 104 valence electrons. The minimum absolute atomic E-state index is 0.0360. The van der Waals surface area contributed by atoms with Gasteiger partial charge in [0.05, 0.1) is 22.1 Å². The molecule has 20 heavy (non-hydrogen) atoms. The first kappa shape index (κ1) is 14.3. The van der Waals surface area contributed by atoms with E-state index in [0.29, 0.717) is 17.0 Å². The van der Waals surface area contributed by atoms with Gasteiger partial charge in [-0.25, -0.2) is 0 Å². The van der Waals surface area contributed by atoms with Gasteiger partial charge in [0, 0.05) is 6.42 Å². The van der Waals surface area contributed by atoms with Crippen LogP contribution < -0.4 is 5.32 Å². The maximum atomic E-state index is 12.0. The molecule has 2 aromatic heterocycles. The van der Waals surface area contributed by atoms with Crippen molar-refractivity contribution in [1.29, 1.82) is 0 Å². The first-order valence-electron chi connectivity index (χ1n) is 6.04. The molecule has 0 atom stereocenters. The van der Waals surface area contributed by atoms with Crippen LogP contribution in [0.2, 0.25) is 0 Å². The summed E-state index contributed by atoms with van der Waals surface area (Å²) in [7, 11) is 0. The van der Waals surface area contributed by atoms with E-state index in [2.05, 4.69) is 22.1 Å². The molecule has 2 N–H and O–H groups in total. The summed E-state index contributed by atoms with van der Waals surface area (Å²) in [6.07, 6.45) is 1.90. The lowest BCUT2D eigenvalue weighted by Crippen LogP contribution is -2.10. The molecule has 2 aromatic rings. The average molecular weight is 290 g/mol. The van der Waals surface area contributed by atoms with Gasteiger partial charge < -0.3 is 9.52 Å². The third-order valence-electron chi connectivity index (χ3n) is 2.42. The molecule has 0 aliphatic rings. The summed E-state index contributed by atoms with van der Waals surface area (Å²) in [6.45, 7) is 3.71. The van der Waals surface area contributed by atoms with Crippen LogP contribution in [0.3, 0.4) is 0 Å². The number of aryl methyl sites for hydroxylation is 2. The zero-order chi connectivity index (χ0) is 14.5. The molecule has 0 aliphatic heterocycles. The SMILES string of the molecule is Cc1coc(NC(=O)c2cc(C)c(C#CCCO)s2)n1. The van der Waals surface area contributed by atoms with Crippen LogP contribution in [0.4, 0.5) is 6.01 Å². The molecule has 0 bridgehead atoms. The lowest BCUT2D eigenvalue weighted by atomic mass is 10.2. The van der Waals surface area contributed by atoms with E-state index in [4.69, 9.17) is 9.52 Å². The molecule has 0 fully saturated rings. The number of nitrogens with zero attached hydrogens (tertiary/aromatic N) is 1. The third kappa shape index (κ3) is 3.47. The van der Waals surface area contributed by atoms with Crippen molar-refractivity contribution in [1.82, 2.24) is 4.98 Å². The third-order valence-corrected chi connectivity index (χ3v) is 3.57. The van der Waals surface area contributed by atoms with Crippen molar-refractivity contribution in [3.05, 3.63) is 33.3 Å². The Labute approximate surface area is 120 Å². The van der Waals surface area contributed by atoms with Crippen molar-refractivity contribution < 1.29 is 14.3 Å². The summed E-state index contributed by atoms with van der Waals surface area (Å²) in [5.41, 5.74) is 1.65. The molecule has 0 saturated carbocycles. The Balaban J connectivity index is 2.11. The highest BCUT2D eigenvalue weighted by Crippen LogP contribution is 2.22. The van der Waals surface area contributed by atoms with Gasteiger partial charge in [0.25, 0.3) is 5.91 Å². The summed E-state index contributed by atoms with van der Waals surface area (Å²) in [6, 6.07) is 1.96. The van der Waals surface area contributed by atoms with Crippen LogP contribution in [-0.4, -0.2) is 22.6 Å². The quantitative estimate of drug-likeness (QED) is 0.851. The Morgan fingerprint density at radius 1 is 1.55 bits per heavy atom. The van der Waals surface area contributed by atoms with Gasteiger partial charge in [-0.2, -0.15) is 4.98 Å². The largest absolute Gasteiger partial charge is 0.432 e. The molecule has 1 amide bonds. The van der Waals surface area contributed by atoms with Crippen LogP contribution in [0.5, 0.6) is 0 Å². The van der Waals surface area contributed by atoms with E-state index in [1.807, 2.05) is 6.92 Å². The number of aromatic nitrogens is 1. The smallest absolute Gasteiger partial charge is 0.301 e. The van der Waals surface area contributed by atoms with E-state index in [1.54, 1.807) is 13.0 Å². The first-order valence-corrected chi connectivity index (χ1v) is 6.85. The normalized spacial score (nSPS) is 9.95. The van der Waals surface area contributed by atoms with Crippen LogP contribution in [0.1, 0.15) is 32.2 Å². The Kier molecular flexibility index (Phi) is 4.56. The van der Waals surface area contributed by atoms with Gasteiger partial charge in [-0.15, -0.1) is 11.3 Å². The minimum Gasteiger partial charge on any atom is -0.432 e. The van der Waals surface area contributed by atoms with Crippen molar-refractivity contribution in [3.63, 3.8) is 0 Å². The van der Waals surface area contributed by atoms with Crippen molar-refractivity contribution in [2.24, 2.45) is 0 Å². The Bertz CT molecular complexity index is 676. The van der Waals surface area contributed by atoms with E-state index >= 15 is 0 Å². The number of hydrogen-bond donors (Lipinski definition) is 2. The summed E-state index contributed by atoms with van der Waals surface area (Å²) >= 11 is 1.31. The fourth-order valence-electron chi connectivity index (χ4n) is 1.49. The molecule has 6 heteroatoms. The van der Waals surface area contributed by atoms with Gasteiger partial charge >= 0.3 is 6.01 Å². The maximum absolute atomic E-state index is 12.0. The summed E-state index contributed by atoms with van der Waals surface area (Å²) in [4.78, 5) is 17.4. The highest BCUT2D eigenvalue weighted by Gasteiger charge is 2.13. The summed E-state index contributed by atoms with van der Waals surface area (Å²) < 4.78 is 5.08. The number of oxazole rings is 1. The number of hydrogen-bond acceptors (Lipinski definition) is 5. The van der Waals surface area contributed by atoms with Crippen molar-refractivity contribution >= 4 is 23.3 Å². The van der Waals surface area contributed by atoms with Crippen LogP contribution in [0, 0.1) is 25.7 Å². The first-order chi connectivity index (χ1) is 9.60. The van der Waals surface area contributed by atoms with Crippen LogP contribution >= 0.6 is 11.3 Å². The van der Waals surface area contributed by atoms with E-state index in [1.165, 1.54) is 17.6 Å². The topological polar surface area (TPSA) is 75.4 Å². The second kappa shape index (κ2) is 6.37. The van der Waals surface area contributed by atoms with Gasteiger partial charge in [0.2, 0.25) is 0 Å². The molecule has 2 heterocycles. The van der Waals surface area contributed by atoms with Crippen LogP contribution in [0.15, 0.2) is 16.7 Å². The van der Waals surface area contributed by atoms with Gasteiger partial charge in [-0.3, -0.25) is 10.1 Å². The number of aliphatic hydroxyl groups is 1. The monoisotopic (exact) mass is 290 g/mol. The minimum atomic E-state index is -0.268. The fourth-order valence-corrected chi connectivity index (χ4v) is 2.43. The highest BCUT2D eigenvalue weighted by atomic mass is 32.1. The molecule has 0 saturated heterocycles. The van der Waals surface area contributed by atoms with E-state index < -0.39 is 0 Å². The predicted molar refractivity (Wildman–Crippen MR) is 76.8 cm³/mol. The standard InChI is InChI=1S/C14H14N2O3S/c1-9-7-12(20-11(9)5-3-4-6-17)13(18)16-14-15-10(2)8-19-14/h7-8,17H,4,6H2,1-2H3,(H,15,16,18). The van der Waals surface area contributed by atoms with E-state index in [9.17, 15) is 4.79 Å². The molecular formula is C14H14N2O3S. The fraction of sp³-hybridized carbons (Fsp3) is 0.286. The molecule has 0 aliphatic carbocycles. The van der Waals surface area contributed by atoms with Crippen molar-refractivity contribution in [2.45, 2.75) is 20.3 Å². The summed E-state index contributed by atoms with van der Waals surface area (Å²) in [5.74, 6) is 5.52. The van der Waals surface area contributed by atoms with Crippen LogP contribution in [0.25, 0.3) is 0 Å². The van der Waals surface area contributed by atoms with Crippen molar-refractivity contribution in [3.8, 4) is 11.8 Å². The van der Waals surface area contributed by atoms with Gasteiger partial charge in [0.1, 0.15) is 6.26 Å². The second-order valence-electron chi connectivity index (χ2n) is 4.15. The lowest BCUT2D eigenvalue weighted by molar-refractivity contribution is 0.102. The second-order valence-corrected chi connectivity index (χ2v) is 5.20. The zero-order valence-electron chi connectivity index (χ0n) is 11.2. The average Bonchev–Trinajstić information content (AvgIpc) is 2.97. The van der Waals surface area contributed by atoms with Gasteiger partial charge in [0.15, 0.2) is 0 Å². The molecule has 0 radical (unpaired) electrons. The number of carbonyl (C=O) groups excluding carboxylic acids is 1. The lowest BCUT2D eigenvalue weighted by Gasteiger charge is -1.96. The molecule has 5 nitrogen and oxygen atoms in total. The van der Waals surface area contributed by atoms with E-state index in [-0.39, 0.29) is 18.5 Å². The Morgan fingerprint density at radius 3 is 3.00 bits per heavy atom. The molecular weight excluding hydrogens is 276 g/mol. The molecule has 2 rings (SSSR count). The maximum Gasteiger partial charge on any atom is 0.301 e. The van der Waals surface area contributed by atoms with Crippen LogP contribution in [-0.2, 0) is 0 Å². The summed E-state index contributed by atoms with van der Waals surface area (Å²) in [5, 5.41) is 11.3. The number of nitrogens with one attached hydrogen (secondary N) is 1. The number of amides is 1. The number of carbonyl (C=O) groups is 1. The number of rotatable bonds is 3. The van der Waals surface area contributed by atoms with Gasteiger partial charge in [-0.05, 0) is 25.5 Å². The number of thiophene rings is 1. The van der Waals surface area contributed by atoms with Crippen molar-refractivity contribution in [2.75, 3.05) is 11.9 Å². The number of aliphatic hydroxyl groups excluding tert-OH is 1. The molecule has 0 spiro atoms. The zero-order valence-corrected chi connectivity index (χ0v) is 12.0. The molecule has 0 unspecified atom stereocenters. The van der Waals surface area contributed by atoms with E-state index in [0.717, 1.165) is 10.4 Å². The predicted octanol–water partition coefficient (Wildman–Crippen LogP) is 2.34. The Hall–Kier alpha value is -2.10. The highest BCUT2D eigenvalue weighted by molar-refractivity contribution is 7.14. The molecule has 0 aromatic carbocycles. The number of anilines is 1. The Morgan fingerprint density at radius 2 is 2.35 bits per heavy atom.